The summed E-state index contributed by atoms with van der Waals surface area (Å²) in [6.45, 7) is 3.38. The molecule has 2 aliphatic rings. The zero-order valence-electron chi connectivity index (χ0n) is 23.8. The SMILES string of the molecule is COc1ccc(CCO[C@H]2CCCC[C@H]2N2CC[C@H](NCC(O)COc3ccc(CC(N)=O)cc3)C2)cc1OC. The number of hydrogen-bond acceptors (Lipinski definition) is 8. The van der Waals surface area contributed by atoms with Crippen LogP contribution < -0.4 is 25.3 Å². The molecule has 1 saturated carbocycles. The Kier molecular flexibility index (Phi) is 11.5. The summed E-state index contributed by atoms with van der Waals surface area (Å²) in [5, 5.41) is 14.0. The third kappa shape index (κ3) is 8.83. The van der Waals surface area contributed by atoms with Crippen molar-refractivity contribution in [2.24, 2.45) is 5.73 Å². The minimum Gasteiger partial charge on any atom is -0.493 e. The molecule has 0 spiro atoms. The zero-order valence-corrected chi connectivity index (χ0v) is 23.8. The average molecular weight is 556 g/mol. The maximum Gasteiger partial charge on any atom is 0.221 e. The topological polar surface area (TPSA) is 116 Å². The molecule has 0 radical (unpaired) electrons. The molecule has 2 fully saturated rings. The number of ether oxygens (including phenoxy) is 4. The van der Waals surface area contributed by atoms with Crippen LogP contribution in [0.3, 0.4) is 0 Å². The van der Waals surface area contributed by atoms with Crippen molar-refractivity contribution in [3.63, 3.8) is 0 Å². The van der Waals surface area contributed by atoms with Crippen molar-refractivity contribution in [3.05, 3.63) is 53.6 Å². The molecular formula is C31H45N3O6. The van der Waals surface area contributed by atoms with E-state index in [2.05, 4.69) is 16.3 Å². The maximum atomic E-state index is 11.0. The van der Waals surface area contributed by atoms with Gasteiger partial charge in [-0.05, 0) is 61.1 Å². The van der Waals surface area contributed by atoms with Gasteiger partial charge in [-0.15, -0.1) is 0 Å². The summed E-state index contributed by atoms with van der Waals surface area (Å²) >= 11 is 0. The molecule has 220 valence electrons. The number of aliphatic hydroxyl groups is 1. The monoisotopic (exact) mass is 555 g/mol. The van der Waals surface area contributed by atoms with Crippen LogP contribution in [-0.2, 0) is 22.4 Å². The Hall–Kier alpha value is -2.85. The van der Waals surface area contributed by atoms with Crippen LogP contribution in [0.2, 0.25) is 0 Å². The first-order valence-corrected chi connectivity index (χ1v) is 14.4. The van der Waals surface area contributed by atoms with E-state index in [-0.39, 0.29) is 25.0 Å². The largest absolute Gasteiger partial charge is 0.493 e. The summed E-state index contributed by atoms with van der Waals surface area (Å²) in [5.74, 6) is 1.79. The number of benzene rings is 2. The van der Waals surface area contributed by atoms with E-state index in [1.54, 1.807) is 26.4 Å². The molecule has 1 saturated heterocycles. The fourth-order valence-corrected chi connectivity index (χ4v) is 5.77. The standard InChI is InChI=1S/C31H45N3O6/c1-37-29-12-9-23(17-30(29)38-2)14-16-39-28-6-4-3-5-27(28)34-15-13-24(20-34)33-19-25(35)21-40-26-10-7-22(8-11-26)18-31(32)36/h7-12,17,24-25,27-28,33,35H,3-6,13-16,18-21H2,1-2H3,(H2,32,36)/t24-,25?,27+,28-/m0/s1. The van der Waals surface area contributed by atoms with E-state index in [1.165, 1.54) is 24.8 Å². The molecule has 40 heavy (non-hydrogen) atoms. The number of nitrogens with zero attached hydrogens (tertiary/aromatic N) is 1. The predicted octanol–water partition coefficient (Wildman–Crippen LogP) is 2.71. The first-order chi connectivity index (χ1) is 19.4. The highest BCUT2D eigenvalue weighted by atomic mass is 16.5. The van der Waals surface area contributed by atoms with Crippen molar-refractivity contribution < 1.29 is 28.8 Å². The Labute approximate surface area is 237 Å². The van der Waals surface area contributed by atoms with Crippen LogP contribution in [0, 0.1) is 0 Å². The van der Waals surface area contributed by atoms with Crippen LogP contribution in [0.4, 0.5) is 0 Å². The molecule has 0 aromatic heterocycles. The van der Waals surface area contributed by atoms with Gasteiger partial charge in [0.1, 0.15) is 18.5 Å². The fraction of sp³-hybridized carbons (Fsp3) is 0.581. The van der Waals surface area contributed by atoms with Gasteiger partial charge in [0.25, 0.3) is 0 Å². The van der Waals surface area contributed by atoms with Crippen LogP contribution in [0.15, 0.2) is 42.5 Å². The number of nitrogens with two attached hydrogens (primary N) is 1. The second kappa shape index (κ2) is 15.2. The Morgan fingerprint density at radius 3 is 2.55 bits per heavy atom. The summed E-state index contributed by atoms with van der Waals surface area (Å²) in [6, 6.07) is 14.1. The number of hydrogen-bond donors (Lipinski definition) is 3. The number of aliphatic hydroxyl groups excluding tert-OH is 1. The van der Waals surface area contributed by atoms with E-state index in [0.717, 1.165) is 49.4 Å². The van der Waals surface area contributed by atoms with Crippen LogP contribution in [0.1, 0.15) is 43.2 Å². The summed E-state index contributed by atoms with van der Waals surface area (Å²) in [6.07, 6.45) is 6.48. The molecule has 0 bridgehead atoms. The summed E-state index contributed by atoms with van der Waals surface area (Å²) in [5.41, 5.74) is 7.26. The van der Waals surface area contributed by atoms with Crippen LogP contribution in [-0.4, -0.2) is 87.3 Å². The first kappa shape index (κ1) is 30.1. The van der Waals surface area contributed by atoms with Crippen molar-refractivity contribution in [2.45, 2.75) is 69.2 Å². The zero-order chi connectivity index (χ0) is 28.3. The van der Waals surface area contributed by atoms with E-state index in [0.29, 0.717) is 31.0 Å². The fourth-order valence-electron chi connectivity index (χ4n) is 5.77. The minimum atomic E-state index is -0.610. The number of primary amides is 1. The van der Waals surface area contributed by atoms with Crippen molar-refractivity contribution in [3.8, 4) is 17.2 Å². The molecule has 1 unspecified atom stereocenters. The van der Waals surface area contributed by atoms with E-state index in [4.69, 9.17) is 24.7 Å². The highest BCUT2D eigenvalue weighted by Gasteiger charge is 2.35. The minimum absolute atomic E-state index is 0.206. The predicted molar refractivity (Wildman–Crippen MR) is 154 cm³/mol. The molecule has 1 aliphatic carbocycles. The second-order valence-corrected chi connectivity index (χ2v) is 10.8. The second-order valence-electron chi connectivity index (χ2n) is 10.8. The molecule has 2 aromatic rings. The van der Waals surface area contributed by atoms with Crippen molar-refractivity contribution >= 4 is 5.91 Å². The van der Waals surface area contributed by atoms with Crippen LogP contribution >= 0.6 is 0 Å². The van der Waals surface area contributed by atoms with Gasteiger partial charge >= 0.3 is 0 Å². The summed E-state index contributed by atoms with van der Waals surface area (Å²) in [7, 11) is 3.31. The molecule has 1 amide bonds. The molecule has 9 nitrogen and oxygen atoms in total. The Bertz CT molecular complexity index is 1070. The Balaban J connectivity index is 1.17. The molecule has 4 rings (SSSR count). The van der Waals surface area contributed by atoms with Gasteiger partial charge < -0.3 is 35.1 Å². The number of carbonyl (C=O) groups is 1. The van der Waals surface area contributed by atoms with Crippen molar-refractivity contribution in [2.75, 3.05) is 47.1 Å². The lowest BCUT2D eigenvalue weighted by Crippen LogP contribution is -2.47. The lowest BCUT2D eigenvalue weighted by Gasteiger charge is -2.38. The number of amides is 1. The molecular weight excluding hydrogens is 510 g/mol. The Morgan fingerprint density at radius 2 is 1.80 bits per heavy atom. The molecule has 1 heterocycles. The third-order valence-corrected chi connectivity index (χ3v) is 7.91. The highest BCUT2D eigenvalue weighted by Crippen LogP contribution is 2.30. The smallest absolute Gasteiger partial charge is 0.221 e. The molecule has 1 aliphatic heterocycles. The number of carbonyl (C=O) groups excluding carboxylic acids is 1. The quantitative estimate of drug-likeness (QED) is 0.307. The van der Waals surface area contributed by atoms with Crippen LogP contribution in [0.25, 0.3) is 0 Å². The van der Waals surface area contributed by atoms with Gasteiger partial charge in [-0.2, -0.15) is 0 Å². The molecule has 4 atom stereocenters. The number of methoxy groups -OCH3 is 2. The van der Waals surface area contributed by atoms with E-state index in [1.807, 2.05) is 24.3 Å². The van der Waals surface area contributed by atoms with E-state index in [9.17, 15) is 9.90 Å². The molecule has 4 N–H and O–H groups in total. The van der Waals surface area contributed by atoms with Gasteiger partial charge in [-0.1, -0.05) is 31.0 Å². The lowest BCUT2D eigenvalue weighted by molar-refractivity contribution is -0.117. The van der Waals surface area contributed by atoms with Gasteiger partial charge in [0.05, 0.1) is 33.4 Å². The number of rotatable bonds is 15. The van der Waals surface area contributed by atoms with Gasteiger partial charge in [-0.25, -0.2) is 0 Å². The highest BCUT2D eigenvalue weighted by molar-refractivity contribution is 5.76. The van der Waals surface area contributed by atoms with Gasteiger partial charge in [0.15, 0.2) is 11.5 Å². The van der Waals surface area contributed by atoms with Gasteiger partial charge in [-0.3, -0.25) is 9.69 Å². The normalized spacial score (nSPS) is 22.1. The van der Waals surface area contributed by atoms with E-state index < -0.39 is 6.10 Å². The third-order valence-electron chi connectivity index (χ3n) is 7.91. The lowest BCUT2D eigenvalue weighted by atomic mass is 9.91. The first-order valence-electron chi connectivity index (χ1n) is 14.4. The van der Waals surface area contributed by atoms with Crippen LogP contribution in [0.5, 0.6) is 17.2 Å². The van der Waals surface area contributed by atoms with Gasteiger partial charge in [0, 0.05) is 31.7 Å². The van der Waals surface area contributed by atoms with Gasteiger partial charge in [0.2, 0.25) is 5.91 Å². The number of likely N-dealkylation sites (tertiary alicyclic amines) is 1. The molecule has 9 heteroatoms. The summed E-state index contributed by atoms with van der Waals surface area (Å²) < 4.78 is 23.0. The van der Waals surface area contributed by atoms with Crippen molar-refractivity contribution in [1.82, 2.24) is 10.2 Å². The number of nitrogens with one attached hydrogen (secondary N) is 1. The van der Waals surface area contributed by atoms with Crippen molar-refractivity contribution in [1.29, 1.82) is 0 Å². The van der Waals surface area contributed by atoms with E-state index >= 15 is 0 Å². The molecule has 2 aromatic carbocycles. The average Bonchev–Trinajstić information content (AvgIpc) is 3.44. The summed E-state index contributed by atoms with van der Waals surface area (Å²) in [4.78, 5) is 13.6. The maximum absolute atomic E-state index is 11.0. The Morgan fingerprint density at radius 1 is 1.05 bits per heavy atom.